The molecule has 98 valence electrons. The lowest BCUT2D eigenvalue weighted by molar-refractivity contribution is -0.117. The number of anilines is 1. The number of hydrogen-bond acceptors (Lipinski definition) is 3. The maximum absolute atomic E-state index is 12.9. The number of aliphatic hydroxyl groups excluding tert-OH is 1. The van der Waals surface area contributed by atoms with Crippen LogP contribution < -0.4 is 5.32 Å². The molecule has 0 aliphatic heterocycles. The van der Waals surface area contributed by atoms with Crippen molar-refractivity contribution in [3.05, 3.63) is 30.1 Å². The predicted molar refractivity (Wildman–Crippen MR) is 66.7 cm³/mol. The van der Waals surface area contributed by atoms with Crippen LogP contribution in [0.2, 0.25) is 0 Å². The topological polar surface area (TPSA) is 52.6 Å². The van der Waals surface area contributed by atoms with Gasteiger partial charge in [0.2, 0.25) is 5.91 Å². The Morgan fingerprint density at radius 2 is 2.28 bits per heavy atom. The smallest absolute Gasteiger partial charge is 0.238 e. The summed E-state index contributed by atoms with van der Waals surface area (Å²) in [6.07, 6.45) is 2.15. The Morgan fingerprint density at radius 3 is 2.89 bits per heavy atom. The third-order valence-corrected chi connectivity index (χ3v) is 2.91. The lowest BCUT2D eigenvalue weighted by atomic mass is 10.3. The van der Waals surface area contributed by atoms with E-state index in [9.17, 15) is 9.18 Å². The molecule has 1 saturated carbocycles. The Morgan fingerprint density at radius 1 is 1.50 bits per heavy atom. The molecule has 0 radical (unpaired) electrons. The van der Waals surface area contributed by atoms with E-state index in [2.05, 4.69) is 5.32 Å². The van der Waals surface area contributed by atoms with Gasteiger partial charge >= 0.3 is 0 Å². The summed E-state index contributed by atoms with van der Waals surface area (Å²) in [6, 6.07) is 6.23. The summed E-state index contributed by atoms with van der Waals surface area (Å²) >= 11 is 0. The van der Waals surface area contributed by atoms with Crippen LogP contribution in [0.1, 0.15) is 12.8 Å². The minimum atomic E-state index is -0.373. The molecule has 1 fully saturated rings. The van der Waals surface area contributed by atoms with Crippen molar-refractivity contribution in [2.75, 3.05) is 25.0 Å². The molecule has 4 nitrogen and oxygen atoms in total. The number of nitrogens with one attached hydrogen (secondary N) is 1. The summed E-state index contributed by atoms with van der Waals surface area (Å²) < 4.78 is 12.9. The zero-order chi connectivity index (χ0) is 13.0. The fourth-order valence-electron chi connectivity index (χ4n) is 1.91. The van der Waals surface area contributed by atoms with Crippen LogP contribution >= 0.6 is 0 Å². The van der Waals surface area contributed by atoms with Crippen molar-refractivity contribution in [2.24, 2.45) is 0 Å². The summed E-state index contributed by atoms with van der Waals surface area (Å²) in [6.45, 7) is 0.784. The highest BCUT2D eigenvalue weighted by Crippen LogP contribution is 2.26. The van der Waals surface area contributed by atoms with Crippen LogP contribution in [0, 0.1) is 5.82 Å². The van der Waals surface area contributed by atoms with Crippen LogP contribution in [-0.2, 0) is 4.79 Å². The number of halogens is 1. The molecular weight excluding hydrogens is 235 g/mol. The summed E-state index contributed by atoms with van der Waals surface area (Å²) in [5, 5.41) is 11.6. The number of amides is 1. The molecule has 0 unspecified atom stereocenters. The fourth-order valence-corrected chi connectivity index (χ4v) is 1.91. The van der Waals surface area contributed by atoms with Crippen LogP contribution in [-0.4, -0.2) is 41.7 Å². The first-order chi connectivity index (χ1) is 8.69. The van der Waals surface area contributed by atoms with Crippen molar-refractivity contribution in [1.82, 2.24) is 4.90 Å². The summed E-state index contributed by atoms with van der Waals surface area (Å²) in [7, 11) is 0. The van der Waals surface area contributed by atoms with Gasteiger partial charge in [0, 0.05) is 18.3 Å². The van der Waals surface area contributed by atoms with Crippen LogP contribution in [0.3, 0.4) is 0 Å². The molecular formula is C13H17FN2O2. The predicted octanol–water partition coefficient (Wildman–Crippen LogP) is 1.22. The van der Waals surface area contributed by atoms with E-state index in [0.717, 1.165) is 12.8 Å². The van der Waals surface area contributed by atoms with Crippen molar-refractivity contribution in [3.8, 4) is 0 Å². The Bertz CT molecular complexity index is 421. The van der Waals surface area contributed by atoms with Gasteiger partial charge in [-0.05, 0) is 31.0 Å². The molecule has 1 aromatic carbocycles. The first-order valence-corrected chi connectivity index (χ1v) is 6.09. The fraction of sp³-hybridized carbons (Fsp3) is 0.462. The molecule has 1 aromatic rings. The van der Waals surface area contributed by atoms with Gasteiger partial charge in [0.25, 0.3) is 0 Å². The average molecular weight is 252 g/mol. The summed E-state index contributed by atoms with van der Waals surface area (Å²) in [5.41, 5.74) is 0.458. The molecule has 0 saturated heterocycles. The van der Waals surface area contributed by atoms with E-state index < -0.39 is 0 Å². The normalized spacial score (nSPS) is 14.8. The summed E-state index contributed by atoms with van der Waals surface area (Å²) in [4.78, 5) is 13.7. The highest BCUT2D eigenvalue weighted by atomic mass is 19.1. The Labute approximate surface area is 105 Å². The Hall–Kier alpha value is -1.46. The lowest BCUT2D eigenvalue weighted by Crippen LogP contribution is -2.36. The maximum Gasteiger partial charge on any atom is 0.238 e. The van der Waals surface area contributed by atoms with Crippen molar-refractivity contribution >= 4 is 11.6 Å². The number of carbonyl (C=O) groups is 1. The van der Waals surface area contributed by atoms with Crippen molar-refractivity contribution < 1.29 is 14.3 Å². The zero-order valence-electron chi connectivity index (χ0n) is 10.1. The highest BCUT2D eigenvalue weighted by molar-refractivity contribution is 5.92. The maximum atomic E-state index is 12.9. The van der Waals surface area contributed by atoms with Crippen LogP contribution in [0.4, 0.5) is 10.1 Å². The van der Waals surface area contributed by atoms with E-state index in [1.54, 1.807) is 12.1 Å². The molecule has 0 bridgehead atoms. The van der Waals surface area contributed by atoms with E-state index >= 15 is 0 Å². The van der Waals surface area contributed by atoms with Gasteiger partial charge in [-0.1, -0.05) is 6.07 Å². The first-order valence-electron chi connectivity index (χ1n) is 6.09. The van der Waals surface area contributed by atoms with E-state index in [-0.39, 0.29) is 24.9 Å². The Kier molecular flexibility index (Phi) is 4.28. The van der Waals surface area contributed by atoms with Crippen LogP contribution in [0.15, 0.2) is 24.3 Å². The van der Waals surface area contributed by atoms with Crippen molar-refractivity contribution in [2.45, 2.75) is 18.9 Å². The van der Waals surface area contributed by atoms with E-state index in [0.29, 0.717) is 18.3 Å². The second kappa shape index (κ2) is 5.93. The molecule has 5 heteroatoms. The largest absolute Gasteiger partial charge is 0.395 e. The molecule has 2 rings (SSSR count). The van der Waals surface area contributed by atoms with Gasteiger partial charge in [-0.25, -0.2) is 4.39 Å². The second-order valence-electron chi connectivity index (χ2n) is 4.48. The number of rotatable bonds is 6. The van der Waals surface area contributed by atoms with Gasteiger partial charge in [0.15, 0.2) is 0 Å². The third kappa shape index (κ3) is 3.78. The van der Waals surface area contributed by atoms with Crippen LogP contribution in [0.25, 0.3) is 0 Å². The van der Waals surface area contributed by atoms with Gasteiger partial charge in [0.1, 0.15) is 5.82 Å². The highest BCUT2D eigenvalue weighted by Gasteiger charge is 2.29. The molecule has 18 heavy (non-hydrogen) atoms. The van der Waals surface area contributed by atoms with Gasteiger partial charge in [0.05, 0.1) is 13.2 Å². The van der Waals surface area contributed by atoms with Crippen LogP contribution in [0.5, 0.6) is 0 Å². The average Bonchev–Trinajstić information content (AvgIpc) is 3.12. The number of aliphatic hydroxyl groups is 1. The molecule has 0 aromatic heterocycles. The number of hydrogen-bond donors (Lipinski definition) is 2. The molecule has 1 amide bonds. The van der Waals surface area contributed by atoms with E-state index in [1.165, 1.54) is 12.1 Å². The van der Waals surface area contributed by atoms with Crippen molar-refractivity contribution in [3.63, 3.8) is 0 Å². The van der Waals surface area contributed by atoms with E-state index in [1.807, 2.05) is 4.90 Å². The first kappa shape index (κ1) is 13.0. The molecule has 1 aliphatic rings. The van der Waals surface area contributed by atoms with E-state index in [4.69, 9.17) is 5.11 Å². The summed E-state index contributed by atoms with van der Waals surface area (Å²) in [5.74, 6) is -0.553. The lowest BCUT2D eigenvalue weighted by Gasteiger charge is -2.19. The molecule has 0 heterocycles. The van der Waals surface area contributed by atoms with Crippen molar-refractivity contribution in [1.29, 1.82) is 0 Å². The quantitative estimate of drug-likeness (QED) is 0.800. The third-order valence-electron chi connectivity index (χ3n) is 2.91. The standard InChI is InChI=1S/C13H17FN2O2/c14-10-2-1-3-11(8-10)15-13(18)9-16(6-7-17)12-4-5-12/h1-3,8,12,17H,4-7,9H2,(H,15,18). The molecule has 1 aliphatic carbocycles. The van der Waals surface area contributed by atoms with Gasteiger partial charge in [-0.15, -0.1) is 0 Å². The minimum absolute atomic E-state index is 0.0454. The SMILES string of the molecule is O=C(CN(CCO)C1CC1)Nc1cccc(F)c1. The molecule has 0 spiro atoms. The second-order valence-corrected chi connectivity index (χ2v) is 4.48. The number of benzene rings is 1. The minimum Gasteiger partial charge on any atom is -0.395 e. The number of carbonyl (C=O) groups excluding carboxylic acids is 1. The monoisotopic (exact) mass is 252 g/mol. The zero-order valence-corrected chi connectivity index (χ0v) is 10.1. The van der Waals surface area contributed by atoms with Gasteiger partial charge < -0.3 is 10.4 Å². The molecule has 0 atom stereocenters. The van der Waals surface area contributed by atoms with Gasteiger partial charge in [-0.3, -0.25) is 9.69 Å². The van der Waals surface area contributed by atoms with Gasteiger partial charge in [-0.2, -0.15) is 0 Å². The Balaban J connectivity index is 1.87. The number of nitrogens with zero attached hydrogens (tertiary/aromatic N) is 1. The molecule has 2 N–H and O–H groups in total.